The minimum atomic E-state index is -2.88. The summed E-state index contributed by atoms with van der Waals surface area (Å²) < 4.78 is 33.5. The minimum Gasteiger partial charge on any atom is -0.438 e. The Kier molecular flexibility index (Phi) is 2.65. The van der Waals surface area contributed by atoms with Crippen molar-refractivity contribution in [3.8, 4) is 5.75 Å². The van der Waals surface area contributed by atoms with Crippen LogP contribution in [0.3, 0.4) is 0 Å². The fraction of sp³-hybridized carbons (Fsp3) is 0.364. The van der Waals surface area contributed by atoms with Gasteiger partial charge in [0.2, 0.25) is 0 Å². The van der Waals surface area contributed by atoms with Gasteiger partial charge in [0.1, 0.15) is 11.4 Å². The number of amides is 1. The maximum absolute atomic E-state index is 12.1. The maximum atomic E-state index is 12.1. The molecule has 0 spiro atoms. The first kappa shape index (κ1) is 11.6. The van der Waals surface area contributed by atoms with Crippen molar-refractivity contribution < 1.29 is 23.0 Å². The van der Waals surface area contributed by atoms with E-state index in [0.717, 1.165) is 0 Å². The second kappa shape index (κ2) is 3.87. The van der Waals surface area contributed by atoms with Gasteiger partial charge >= 0.3 is 12.7 Å². The van der Waals surface area contributed by atoms with Gasteiger partial charge in [0, 0.05) is 5.56 Å². The Hall–Kier alpha value is -1.85. The van der Waals surface area contributed by atoms with E-state index < -0.39 is 18.3 Å². The standard InChI is InChI=1S/C11H11F2NO3/c1-11(2)7-5-6(16-9(12)13)3-4-8(7)14-10(15)17-11/h3-5,9H,1-2H3,(H,14,15). The van der Waals surface area contributed by atoms with Crippen molar-refractivity contribution in [1.29, 1.82) is 0 Å². The summed E-state index contributed by atoms with van der Waals surface area (Å²) in [6.07, 6.45) is -0.565. The first-order chi connectivity index (χ1) is 7.88. The van der Waals surface area contributed by atoms with Crippen molar-refractivity contribution in [2.45, 2.75) is 26.1 Å². The number of hydrogen-bond donors (Lipinski definition) is 1. The lowest BCUT2D eigenvalue weighted by atomic mass is 9.94. The molecule has 4 nitrogen and oxygen atoms in total. The van der Waals surface area contributed by atoms with Crippen LogP contribution in [0.15, 0.2) is 18.2 Å². The largest absolute Gasteiger partial charge is 0.438 e. The van der Waals surface area contributed by atoms with Crippen LogP contribution in [0.2, 0.25) is 0 Å². The van der Waals surface area contributed by atoms with Gasteiger partial charge in [0.25, 0.3) is 0 Å². The average molecular weight is 243 g/mol. The summed E-state index contributed by atoms with van der Waals surface area (Å²) in [5.74, 6) is 0.0339. The van der Waals surface area contributed by atoms with Crippen molar-refractivity contribution >= 4 is 11.8 Å². The molecule has 0 saturated carbocycles. The lowest BCUT2D eigenvalue weighted by Gasteiger charge is -2.32. The normalized spacial score (nSPS) is 17.1. The Labute approximate surface area is 96.5 Å². The first-order valence-corrected chi connectivity index (χ1v) is 4.98. The predicted octanol–water partition coefficient (Wildman–Crippen LogP) is 3.09. The van der Waals surface area contributed by atoms with Gasteiger partial charge < -0.3 is 9.47 Å². The van der Waals surface area contributed by atoms with E-state index in [2.05, 4.69) is 10.1 Å². The number of hydrogen-bond acceptors (Lipinski definition) is 3. The number of cyclic esters (lactones) is 1. The molecule has 0 radical (unpaired) electrons. The zero-order chi connectivity index (χ0) is 12.6. The van der Waals surface area contributed by atoms with Crippen LogP contribution in [-0.2, 0) is 10.3 Å². The molecule has 1 aromatic rings. The second-order valence-electron chi connectivity index (χ2n) is 4.11. The number of benzene rings is 1. The molecule has 6 heteroatoms. The van der Waals surface area contributed by atoms with E-state index in [9.17, 15) is 13.6 Å². The number of ether oxygens (including phenoxy) is 2. The molecule has 17 heavy (non-hydrogen) atoms. The van der Waals surface area contributed by atoms with Crippen LogP contribution in [0.1, 0.15) is 19.4 Å². The molecule has 2 rings (SSSR count). The van der Waals surface area contributed by atoms with E-state index in [1.165, 1.54) is 18.2 Å². The van der Waals surface area contributed by atoms with Gasteiger partial charge in [-0.25, -0.2) is 4.79 Å². The van der Waals surface area contributed by atoms with E-state index in [0.29, 0.717) is 11.3 Å². The molecule has 1 aliphatic heterocycles. The van der Waals surface area contributed by atoms with E-state index in [1.807, 2.05) is 0 Å². The summed E-state index contributed by atoms with van der Waals surface area (Å²) in [7, 11) is 0. The summed E-state index contributed by atoms with van der Waals surface area (Å²) in [5.41, 5.74) is 0.252. The van der Waals surface area contributed by atoms with E-state index >= 15 is 0 Å². The number of carbonyl (C=O) groups is 1. The lowest BCUT2D eigenvalue weighted by molar-refractivity contribution is -0.0502. The molecule has 0 aromatic heterocycles. The number of nitrogens with one attached hydrogen (secondary N) is 1. The molecule has 0 fully saturated rings. The Morgan fingerprint density at radius 1 is 1.41 bits per heavy atom. The summed E-state index contributed by atoms with van der Waals surface area (Å²) >= 11 is 0. The highest BCUT2D eigenvalue weighted by molar-refractivity contribution is 5.88. The number of fused-ring (bicyclic) bond motifs is 1. The molecule has 1 heterocycles. The van der Waals surface area contributed by atoms with E-state index in [-0.39, 0.29) is 5.75 Å². The molecule has 0 saturated heterocycles. The number of rotatable bonds is 2. The summed E-state index contributed by atoms with van der Waals surface area (Å²) in [5, 5.41) is 2.49. The molecular weight excluding hydrogens is 232 g/mol. The molecule has 0 unspecified atom stereocenters. The molecule has 1 N–H and O–H groups in total. The number of halogens is 2. The van der Waals surface area contributed by atoms with Crippen LogP contribution in [0.4, 0.5) is 19.3 Å². The third kappa shape index (κ3) is 2.30. The van der Waals surface area contributed by atoms with Crippen LogP contribution in [-0.4, -0.2) is 12.7 Å². The Bertz CT molecular complexity index is 460. The summed E-state index contributed by atoms with van der Waals surface area (Å²) in [6.45, 7) is 0.475. The van der Waals surface area contributed by atoms with Crippen molar-refractivity contribution in [3.05, 3.63) is 23.8 Å². The van der Waals surface area contributed by atoms with Gasteiger partial charge in [0.15, 0.2) is 0 Å². The van der Waals surface area contributed by atoms with Gasteiger partial charge in [-0.2, -0.15) is 8.78 Å². The molecule has 92 valence electrons. The van der Waals surface area contributed by atoms with Crippen molar-refractivity contribution in [1.82, 2.24) is 0 Å². The molecule has 0 atom stereocenters. The highest BCUT2D eigenvalue weighted by atomic mass is 19.3. The van der Waals surface area contributed by atoms with E-state index in [4.69, 9.17) is 4.74 Å². The smallest absolute Gasteiger partial charge is 0.412 e. The Morgan fingerprint density at radius 3 is 2.76 bits per heavy atom. The first-order valence-electron chi connectivity index (χ1n) is 4.98. The van der Waals surface area contributed by atoms with E-state index in [1.54, 1.807) is 13.8 Å². The Morgan fingerprint density at radius 2 is 2.12 bits per heavy atom. The highest BCUT2D eigenvalue weighted by Crippen LogP contribution is 2.37. The molecule has 1 aromatic carbocycles. The molecule has 0 bridgehead atoms. The quantitative estimate of drug-likeness (QED) is 0.868. The fourth-order valence-corrected chi connectivity index (χ4v) is 1.73. The van der Waals surface area contributed by atoms with Crippen molar-refractivity contribution in [3.63, 3.8) is 0 Å². The maximum Gasteiger partial charge on any atom is 0.412 e. The lowest BCUT2D eigenvalue weighted by Crippen LogP contribution is -2.34. The SMILES string of the molecule is CC1(C)OC(=O)Nc2ccc(OC(F)F)cc21. The number of alkyl halides is 2. The van der Waals surface area contributed by atoms with Crippen LogP contribution in [0.5, 0.6) is 5.75 Å². The predicted molar refractivity (Wildman–Crippen MR) is 56.2 cm³/mol. The minimum absolute atomic E-state index is 0.0339. The van der Waals surface area contributed by atoms with Gasteiger partial charge in [-0.3, -0.25) is 5.32 Å². The molecule has 0 aliphatic carbocycles. The second-order valence-corrected chi connectivity index (χ2v) is 4.11. The fourth-order valence-electron chi connectivity index (χ4n) is 1.73. The number of anilines is 1. The van der Waals surface area contributed by atoms with Gasteiger partial charge in [-0.1, -0.05) is 0 Å². The molecule has 1 aliphatic rings. The van der Waals surface area contributed by atoms with Crippen LogP contribution in [0.25, 0.3) is 0 Å². The molecule has 1 amide bonds. The molecular formula is C11H11F2NO3. The monoisotopic (exact) mass is 243 g/mol. The van der Waals surface area contributed by atoms with Crippen LogP contribution in [0, 0.1) is 0 Å². The summed E-state index contributed by atoms with van der Waals surface area (Å²) in [4.78, 5) is 11.2. The van der Waals surface area contributed by atoms with Gasteiger partial charge in [0.05, 0.1) is 5.69 Å². The third-order valence-corrected chi connectivity index (χ3v) is 2.45. The van der Waals surface area contributed by atoms with Crippen LogP contribution >= 0.6 is 0 Å². The zero-order valence-electron chi connectivity index (χ0n) is 9.29. The van der Waals surface area contributed by atoms with Crippen molar-refractivity contribution in [2.24, 2.45) is 0 Å². The van der Waals surface area contributed by atoms with Gasteiger partial charge in [-0.15, -0.1) is 0 Å². The van der Waals surface area contributed by atoms with Crippen LogP contribution < -0.4 is 10.1 Å². The number of carbonyl (C=O) groups excluding carboxylic acids is 1. The average Bonchev–Trinajstić information content (AvgIpc) is 2.17. The van der Waals surface area contributed by atoms with Crippen molar-refractivity contribution in [2.75, 3.05) is 5.32 Å². The summed E-state index contributed by atoms with van der Waals surface area (Å²) in [6, 6.07) is 4.31. The highest BCUT2D eigenvalue weighted by Gasteiger charge is 2.33. The Balaban J connectivity index is 2.40. The topological polar surface area (TPSA) is 47.6 Å². The third-order valence-electron chi connectivity index (χ3n) is 2.45. The van der Waals surface area contributed by atoms with Gasteiger partial charge in [-0.05, 0) is 32.0 Å². The zero-order valence-corrected chi connectivity index (χ0v) is 9.29.